The van der Waals surface area contributed by atoms with E-state index in [2.05, 4.69) is 5.32 Å². The normalized spacial score (nSPS) is 12.0. The molecule has 2 nitrogen and oxygen atoms in total. The Bertz CT molecular complexity index is 599. The molecule has 5 heteroatoms. The lowest BCUT2D eigenvalue weighted by atomic mass is 10.2. The molecule has 0 aromatic heterocycles. The van der Waals surface area contributed by atoms with Crippen LogP contribution in [0.5, 0.6) is 0 Å². The Morgan fingerprint density at radius 1 is 1.10 bits per heavy atom. The lowest BCUT2D eigenvalue weighted by Crippen LogP contribution is -2.30. The number of nitrogens with one attached hydrogen (secondary N) is 1. The van der Waals surface area contributed by atoms with Gasteiger partial charge in [0.1, 0.15) is 0 Å². The molecule has 2 aromatic carbocycles. The lowest BCUT2D eigenvalue weighted by molar-refractivity contribution is -0.120. The lowest BCUT2D eigenvalue weighted by Gasteiger charge is -2.14. The van der Waals surface area contributed by atoms with Gasteiger partial charge in [-0.25, -0.2) is 0 Å². The molecule has 0 fully saturated rings. The van der Waals surface area contributed by atoms with Crippen LogP contribution in [0.4, 0.5) is 0 Å². The molecule has 21 heavy (non-hydrogen) atoms. The highest BCUT2D eigenvalue weighted by Gasteiger charge is 2.17. The smallest absolute Gasteiger partial charge is 0.233 e. The maximum Gasteiger partial charge on any atom is 0.233 e. The van der Waals surface area contributed by atoms with Crippen molar-refractivity contribution in [1.29, 1.82) is 0 Å². The van der Waals surface area contributed by atoms with E-state index in [1.807, 2.05) is 37.3 Å². The average Bonchev–Trinajstić information content (AvgIpc) is 2.49. The van der Waals surface area contributed by atoms with Gasteiger partial charge in [0.25, 0.3) is 0 Å². The van der Waals surface area contributed by atoms with Gasteiger partial charge in [0.05, 0.1) is 15.3 Å². The summed E-state index contributed by atoms with van der Waals surface area (Å²) in [6.45, 7) is 2.35. The van der Waals surface area contributed by atoms with E-state index in [0.717, 1.165) is 10.5 Å². The van der Waals surface area contributed by atoms with Crippen molar-refractivity contribution in [2.75, 3.05) is 0 Å². The van der Waals surface area contributed by atoms with Crippen LogP contribution in [0.3, 0.4) is 0 Å². The molecular formula is C16H15Cl2NOS. The number of carbonyl (C=O) groups is 1. The number of thioether (sulfide) groups is 1. The predicted molar refractivity (Wildman–Crippen MR) is 90.1 cm³/mol. The molecule has 1 N–H and O–H groups in total. The Morgan fingerprint density at radius 3 is 2.33 bits per heavy atom. The van der Waals surface area contributed by atoms with Crippen molar-refractivity contribution in [3.63, 3.8) is 0 Å². The summed E-state index contributed by atoms with van der Waals surface area (Å²) in [7, 11) is 0. The molecule has 0 radical (unpaired) electrons. The van der Waals surface area contributed by atoms with Crippen LogP contribution >= 0.6 is 35.0 Å². The summed E-state index contributed by atoms with van der Waals surface area (Å²) in [6, 6.07) is 15.1. The van der Waals surface area contributed by atoms with Crippen molar-refractivity contribution >= 4 is 40.9 Å². The van der Waals surface area contributed by atoms with Crippen molar-refractivity contribution in [2.45, 2.75) is 23.6 Å². The predicted octanol–water partition coefficient (Wildman–Crippen LogP) is 4.79. The van der Waals surface area contributed by atoms with Crippen LogP contribution in [0.1, 0.15) is 12.5 Å². The first kappa shape index (κ1) is 16.2. The van der Waals surface area contributed by atoms with E-state index >= 15 is 0 Å². The van der Waals surface area contributed by atoms with E-state index in [0.29, 0.717) is 16.6 Å². The summed E-state index contributed by atoms with van der Waals surface area (Å²) in [5.74, 6) is -0.0418. The van der Waals surface area contributed by atoms with Gasteiger partial charge < -0.3 is 5.32 Å². The standard InChI is InChI=1S/C16H15Cl2NOS/c1-11(21-15-13(17)8-5-9-14(15)18)16(20)19-10-12-6-3-2-4-7-12/h2-9,11H,10H2,1H3,(H,19,20)/t11-/m0/s1. The van der Waals surface area contributed by atoms with Gasteiger partial charge in [-0.3, -0.25) is 4.79 Å². The molecule has 1 atom stereocenters. The second kappa shape index (κ2) is 7.74. The van der Waals surface area contributed by atoms with E-state index in [1.54, 1.807) is 18.2 Å². The highest BCUT2D eigenvalue weighted by atomic mass is 35.5. The van der Waals surface area contributed by atoms with Gasteiger partial charge in [-0.1, -0.05) is 59.6 Å². The molecule has 0 unspecified atom stereocenters. The third kappa shape index (κ3) is 4.67. The molecule has 1 amide bonds. The maximum atomic E-state index is 12.1. The minimum Gasteiger partial charge on any atom is -0.351 e. The Morgan fingerprint density at radius 2 is 1.71 bits per heavy atom. The van der Waals surface area contributed by atoms with Crippen LogP contribution in [0.15, 0.2) is 53.4 Å². The minimum atomic E-state index is -0.272. The topological polar surface area (TPSA) is 29.1 Å². The fourth-order valence-corrected chi connectivity index (χ4v) is 3.32. The van der Waals surface area contributed by atoms with E-state index < -0.39 is 0 Å². The summed E-state index contributed by atoms with van der Waals surface area (Å²) in [5, 5.41) is 3.77. The van der Waals surface area contributed by atoms with Crippen LogP contribution < -0.4 is 5.32 Å². The fourth-order valence-electron chi connectivity index (χ4n) is 1.75. The zero-order valence-corrected chi connectivity index (χ0v) is 13.8. The Hall–Kier alpha value is -1.16. The number of halogens is 2. The largest absolute Gasteiger partial charge is 0.351 e. The van der Waals surface area contributed by atoms with Gasteiger partial charge in [0, 0.05) is 11.4 Å². The molecule has 0 saturated heterocycles. The third-order valence-electron chi connectivity index (χ3n) is 2.89. The van der Waals surface area contributed by atoms with E-state index in [1.165, 1.54) is 11.8 Å². The molecule has 0 heterocycles. The van der Waals surface area contributed by atoms with Crippen molar-refractivity contribution in [3.8, 4) is 0 Å². The van der Waals surface area contributed by atoms with Crippen LogP contribution in [0.25, 0.3) is 0 Å². The SMILES string of the molecule is C[C@H](Sc1c(Cl)cccc1Cl)C(=O)NCc1ccccc1. The van der Waals surface area contributed by atoms with Gasteiger partial charge in [-0.2, -0.15) is 0 Å². The molecular weight excluding hydrogens is 325 g/mol. The number of benzene rings is 2. The summed E-state index contributed by atoms with van der Waals surface area (Å²) in [5.41, 5.74) is 1.07. The summed E-state index contributed by atoms with van der Waals surface area (Å²) in [6.07, 6.45) is 0. The molecule has 0 aliphatic heterocycles. The van der Waals surface area contributed by atoms with Gasteiger partial charge in [-0.05, 0) is 24.6 Å². The minimum absolute atomic E-state index is 0.0418. The van der Waals surface area contributed by atoms with Crippen LogP contribution in [0.2, 0.25) is 10.0 Å². The summed E-state index contributed by atoms with van der Waals surface area (Å²) in [4.78, 5) is 12.9. The van der Waals surface area contributed by atoms with Gasteiger partial charge in [0.2, 0.25) is 5.91 Å². The van der Waals surface area contributed by atoms with Crippen LogP contribution in [-0.2, 0) is 11.3 Å². The molecule has 2 rings (SSSR count). The Kier molecular flexibility index (Phi) is 5.97. The monoisotopic (exact) mass is 339 g/mol. The van der Waals surface area contributed by atoms with Crippen LogP contribution in [-0.4, -0.2) is 11.2 Å². The molecule has 0 bridgehead atoms. The van der Waals surface area contributed by atoms with Crippen LogP contribution in [0, 0.1) is 0 Å². The molecule has 2 aromatic rings. The number of rotatable bonds is 5. The highest BCUT2D eigenvalue weighted by Crippen LogP contribution is 2.36. The number of carbonyl (C=O) groups excluding carboxylic acids is 1. The molecule has 0 saturated carbocycles. The second-order valence-electron chi connectivity index (χ2n) is 4.51. The average molecular weight is 340 g/mol. The Balaban J connectivity index is 1.94. The van der Waals surface area contributed by atoms with Crippen molar-refractivity contribution in [3.05, 3.63) is 64.1 Å². The molecule has 110 valence electrons. The van der Waals surface area contributed by atoms with E-state index in [9.17, 15) is 4.79 Å². The number of amides is 1. The van der Waals surface area contributed by atoms with Crippen molar-refractivity contribution in [1.82, 2.24) is 5.32 Å². The molecule has 0 aliphatic carbocycles. The Labute approximate surface area is 138 Å². The quantitative estimate of drug-likeness (QED) is 0.793. The second-order valence-corrected chi connectivity index (χ2v) is 6.68. The van der Waals surface area contributed by atoms with E-state index in [4.69, 9.17) is 23.2 Å². The maximum absolute atomic E-state index is 12.1. The highest BCUT2D eigenvalue weighted by molar-refractivity contribution is 8.00. The zero-order chi connectivity index (χ0) is 15.2. The van der Waals surface area contributed by atoms with E-state index in [-0.39, 0.29) is 11.2 Å². The molecule has 0 aliphatic rings. The first-order valence-electron chi connectivity index (χ1n) is 6.50. The number of hydrogen-bond acceptors (Lipinski definition) is 2. The molecule has 0 spiro atoms. The number of hydrogen-bond donors (Lipinski definition) is 1. The van der Waals surface area contributed by atoms with Crippen molar-refractivity contribution in [2.24, 2.45) is 0 Å². The summed E-state index contributed by atoms with van der Waals surface area (Å²) < 4.78 is 0. The van der Waals surface area contributed by atoms with Gasteiger partial charge >= 0.3 is 0 Å². The first-order valence-corrected chi connectivity index (χ1v) is 8.14. The summed E-state index contributed by atoms with van der Waals surface area (Å²) >= 11 is 13.6. The van der Waals surface area contributed by atoms with Gasteiger partial charge in [-0.15, -0.1) is 11.8 Å². The van der Waals surface area contributed by atoms with Crippen molar-refractivity contribution < 1.29 is 4.79 Å². The first-order chi connectivity index (χ1) is 10.1. The third-order valence-corrected chi connectivity index (χ3v) is 4.99. The zero-order valence-electron chi connectivity index (χ0n) is 11.5. The fraction of sp³-hybridized carbons (Fsp3) is 0.188. The van der Waals surface area contributed by atoms with Gasteiger partial charge in [0.15, 0.2) is 0 Å².